The predicted octanol–water partition coefficient (Wildman–Crippen LogP) is 4.63. The molecule has 0 bridgehead atoms. The molecular formula is C23H29F2NO3. The average Bonchev–Trinajstić information content (AvgIpc) is 2.67. The molecule has 0 amide bonds. The molecule has 1 fully saturated rings. The van der Waals surface area contributed by atoms with Crippen LogP contribution in [0.4, 0.5) is 8.78 Å². The van der Waals surface area contributed by atoms with Crippen molar-refractivity contribution in [3.8, 4) is 0 Å². The normalized spacial score (nSPS) is 24.1. The van der Waals surface area contributed by atoms with E-state index in [1.54, 1.807) is 26.0 Å². The summed E-state index contributed by atoms with van der Waals surface area (Å²) in [6, 6.07) is 9.06. The Hall–Kier alpha value is -2.05. The molecule has 1 atom stereocenters. The first kappa shape index (κ1) is 21.7. The van der Waals surface area contributed by atoms with Crippen molar-refractivity contribution >= 4 is 11.5 Å². The monoisotopic (exact) mass is 405 g/mol. The van der Waals surface area contributed by atoms with Gasteiger partial charge in [-0.1, -0.05) is 36.4 Å². The first-order chi connectivity index (χ1) is 13.7. The molecule has 1 aromatic rings. The van der Waals surface area contributed by atoms with Crippen LogP contribution in [0.3, 0.4) is 0 Å². The Balaban J connectivity index is 1.60. The summed E-state index contributed by atoms with van der Waals surface area (Å²) in [4.78, 5) is 14.0. The number of likely N-dealkylation sites (tertiary alicyclic amines) is 1. The largest absolute Gasteiger partial charge is 0.479 e. The van der Waals surface area contributed by atoms with Crippen LogP contribution in [0.15, 0.2) is 48.3 Å². The van der Waals surface area contributed by atoms with Crippen molar-refractivity contribution in [3.05, 3.63) is 53.9 Å². The van der Waals surface area contributed by atoms with E-state index in [1.807, 2.05) is 18.2 Å². The van der Waals surface area contributed by atoms with Crippen LogP contribution in [0.5, 0.6) is 0 Å². The number of hydrogen-bond acceptors (Lipinski definition) is 3. The fraction of sp³-hybridized carbons (Fsp3) is 0.522. The van der Waals surface area contributed by atoms with Crippen LogP contribution in [-0.4, -0.2) is 53.5 Å². The van der Waals surface area contributed by atoms with E-state index in [-0.39, 0.29) is 18.9 Å². The number of carbonyl (C=O) groups is 1. The van der Waals surface area contributed by atoms with Gasteiger partial charge in [-0.05, 0) is 57.3 Å². The summed E-state index contributed by atoms with van der Waals surface area (Å²) >= 11 is 0. The second-order valence-electron chi connectivity index (χ2n) is 8.64. The van der Waals surface area contributed by atoms with Gasteiger partial charge in [0.1, 0.15) is 11.5 Å². The number of halogens is 2. The molecule has 0 radical (unpaired) electrons. The minimum absolute atomic E-state index is 0.182. The molecule has 0 aromatic heterocycles. The average molecular weight is 405 g/mol. The Bertz CT molecular complexity index is 777. The molecule has 1 saturated heterocycles. The summed E-state index contributed by atoms with van der Waals surface area (Å²) in [7, 11) is 0. The van der Waals surface area contributed by atoms with E-state index in [1.165, 1.54) is 12.2 Å². The highest BCUT2D eigenvalue weighted by Gasteiger charge is 2.42. The molecule has 6 heteroatoms. The Morgan fingerprint density at radius 1 is 1.28 bits per heavy atom. The van der Waals surface area contributed by atoms with Gasteiger partial charge in [-0.2, -0.15) is 0 Å². The number of allylic oxidation sites excluding steroid dienone is 2. The fourth-order valence-corrected chi connectivity index (χ4v) is 3.98. The molecule has 0 spiro atoms. The molecule has 1 N–H and O–H groups in total. The summed E-state index contributed by atoms with van der Waals surface area (Å²) < 4.78 is 34.4. The number of ether oxygens (including phenoxy) is 1. The molecule has 3 rings (SSSR count). The van der Waals surface area contributed by atoms with Gasteiger partial charge in [-0.3, -0.25) is 0 Å². The third-order valence-electron chi connectivity index (χ3n) is 5.56. The van der Waals surface area contributed by atoms with E-state index in [0.717, 1.165) is 25.9 Å². The van der Waals surface area contributed by atoms with E-state index < -0.39 is 23.1 Å². The minimum atomic E-state index is -1.68. The molecule has 29 heavy (non-hydrogen) atoms. The van der Waals surface area contributed by atoms with Crippen molar-refractivity contribution in [1.82, 2.24) is 4.90 Å². The Morgan fingerprint density at radius 2 is 1.93 bits per heavy atom. The van der Waals surface area contributed by atoms with Gasteiger partial charge in [0.15, 0.2) is 5.60 Å². The van der Waals surface area contributed by atoms with Crippen LogP contribution >= 0.6 is 0 Å². The smallest absolute Gasteiger partial charge is 0.340 e. The van der Waals surface area contributed by atoms with E-state index in [0.29, 0.717) is 17.7 Å². The third-order valence-corrected chi connectivity index (χ3v) is 5.56. The van der Waals surface area contributed by atoms with Gasteiger partial charge in [-0.25, -0.2) is 13.6 Å². The van der Waals surface area contributed by atoms with Crippen molar-refractivity contribution in [1.29, 1.82) is 0 Å². The predicted molar refractivity (Wildman–Crippen MR) is 109 cm³/mol. The summed E-state index contributed by atoms with van der Waals surface area (Å²) in [6.07, 6.45) is 4.26. The molecule has 1 aromatic carbocycles. The van der Waals surface area contributed by atoms with Gasteiger partial charge in [-0.15, -0.1) is 0 Å². The highest BCUT2D eigenvalue weighted by molar-refractivity contribution is 5.86. The molecule has 158 valence electrons. The number of benzene rings is 1. The van der Waals surface area contributed by atoms with Gasteiger partial charge >= 0.3 is 5.97 Å². The summed E-state index contributed by atoms with van der Waals surface area (Å²) in [5, 5.41) is 9.75. The van der Waals surface area contributed by atoms with E-state index in [4.69, 9.17) is 4.74 Å². The zero-order valence-corrected chi connectivity index (χ0v) is 17.0. The van der Waals surface area contributed by atoms with Crippen molar-refractivity contribution in [3.63, 3.8) is 0 Å². The van der Waals surface area contributed by atoms with E-state index in [9.17, 15) is 18.7 Å². The van der Waals surface area contributed by atoms with Crippen molar-refractivity contribution in [2.75, 3.05) is 26.2 Å². The highest BCUT2D eigenvalue weighted by Crippen LogP contribution is 2.36. The molecule has 4 nitrogen and oxygen atoms in total. The lowest BCUT2D eigenvalue weighted by Crippen LogP contribution is -2.45. The molecular weight excluding hydrogens is 376 g/mol. The maximum absolute atomic E-state index is 14.8. The second kappa shape index (κ2) is 8.76. The Labute approximate surface area is 170 Å². The summed E-state index contributed by atoms with van der Waals surface area (Å²) in [5.41, 5.74) is -1.80. The van der Waals surface area contributed by atoms with Crippen molar-refractivity contribution in [2.24, 2.45) is 5.92 Å². The van der Waals surface area contributed by atoms with Crippen LogP contribution in [0.25, 0.3) is 5.57 Å². The Kier molecular flexibility index (Phi) is 6.54. The first-order valence-electron chi connectivity index (χ1n) is 10.1. The van der Waals surface area contributed by atoms with Crippen LogP contribution < -0.4 is 0 Å². The number of carboxylic acids is 1. The van der Waals surface area contributed by atoms with Crippen molar-refractivity contribution in [2.45, 2.75) is 44.4 Å². The van der Waals surface area contributed by atoms with E-state index >= 15 is 0 Å². The molecule has 0 saturated carbocycles. The first-order valence-corrected chi connectivity index (χ1v) is 10.1. The number of rotatable bonds is 7. The molecule has 1 aliphatic carbocycles. The standard InChI is InChI=1S/C23H29F2NO3/c1-22(2,25)16-26-12-9-17(10-13-26)15-29-23(21(27)28)11-8-19(20(24)14-23)18-6-4-3-5-7-18/h3-8,11,17H,9-10,12-16H2,1-2H3,(H,27,28). The number of carboxylic acid groups (broad SMARTS) is 1. The summed E-state index contributed by atoms with van der Waals surface area (Å²) in [5.74, 6) is -1.49. The lowest BCUT2D eigenvalue weighted by atomic mass is 9.88. The topological polar surface area (TPSA) is 49.8 Å². The Morgan fingerprint density at radius 3 is 2.48 bits per heavy atom. The highest BCUT2D eigenvalue weighted by atomic mass is 19.1. The number of alkyl halides is 1. The van der Waals surface area contributed by atoms with Crippen LogP contribution in [0.2, 0.25) is 0 Å². The van der Waals surface area contributed by atoms with Gasteiger partial charge in [0.25, 0.3) is 0 Å². The van der Waals surface area contributed by atoms with E-state index in [2.05, 4.69) is 4.90 Å². The zero-order chi connectivity index (χ0) is 21.1. The molecule has 1 aliphatic heterocycles. The van der Waals surface area contributed by atoms with Gasteiger partial charge in [0, 0.05) is 18.5 Å². The third kappa shape index (κ3) is 5.52. The molecule has 1 unspecified atom stereocenters. The second-order valence-corrected chi connectivity index (χ2v) is 8.64. The number of nitrogens with zero attached hydrogens (tertiary/aromatic N) is 1. The number of piperidine rings is 1. The van der Waals surface area contributed by atoms with Gasteiger partial charge in [0.05, 0.1) is 6.61 Å². The zero-order valence-electron chi connectivity index (χ0n) is 17.0. The van der Waals surface area contributed by atoms with Crippen LogP contribution in [-0.2, 0) is 9.53 Å². The SMILES string of the molecule is CC(C)(F)CN1CCC(COC2(C(=O)O)C=CC(c3ccccc3)=C(F)C2)CC1. The lowest BCUT2D eigenvalue weighted by molar-refractivity contribution is -0.161. The quantitative estimate of drug-likeness (QED) is 0.719. The maximum Gasteiger partial charge on any atom is 0.340 e. The lowest BCUT2D eigenvalue weighted by Gasteiger charge is -2.36. The van der Waals surface area contributed by atoms with Crippen LogP contribution in [0.1, 0.15) is 38.7 Å². The minimum Gasteiger partial charge on any atom is -0.479 e. The number of aliphatic carboxylic acids is 1. The van der Waals surface area contributed by atoms with Crippen LogP contribution in [0, 0.1) is 5.92 Å². The van der Waals surface area contributed by atoms with Crippen molar-refractivity contribution < 1.29 is 23.4 Å². The van der Waals surface area contributed by atoms with Gasteiger partial charge < -0.3 is 14.7 Å². The van der Waals surface area contributed by atoms with Gasteiger partial charge in [0.2, 0.25) is 0 Å². The molecule has 2 aliphatic rings. The molecule has 1 heterocycles. The fourth-order valence-electron chi connectivity index (χ4n) is 3.98. The maximum atomic E-state index is 14.8. The summed E-state index contributed by atoms with van der Waals surface area (Å²) in [6.45, 7) is 5.28. The number of hydrogen-bond donors (Lipinski definition) is 1.